The van der Waals surface area contributed by atoms with Crippen LogP contribution in [0.25, 0.3) is 17.0 Å². The van der Waals surface area contributed by atoms with Crippen molar-refractivity contribution in [1.82, 2.24) is 15.3 Å². The Bertz CT molecular complexity index is 1060. The summed E-state index contributed by atoms with van der Waals surface area (Å²) >= 11 is 0. The highest BCUT2D eigenvalue weighted by molar-refractivity contribution is 5.92. The van der Waals surface area contributed by atoms with Crippen LogP contribution in [0.3, 0.4) is 0 Å². The van der Waals surface area contributed by atoms with Gasteiger partial charge in [0.2, 0.25) is 11.9 Å². The van der Waals surface area contributed by atoms with Gasteiger partial charge >= 0.3 is 0 Å². The molecule has 1 heterocycles. The van der Waals surface area contributed by atoms with Gasteiger partial charge in [0.15, 0.2) is 0 Å². The number of nitrogens with one attached hydrogen (secondary N) is 2. The molecule has 0 atom stereocenters. The fourth-order valence-corrected chi connectivity index (χ4v) is 4.02. The van der Waals surface area contributed by atoms with Gasteiger partial charge in [-0.3, -0.25) is 4.79 Å². The number of amides is 1. The first-order valence-electron chi connectivity index (χ1n) is 10.8. The summed E-state index contributed by atoms with van der Waals surface area (Å²) in [4.78, 5) is 23.7. The molecule has 4 rings (SSSR count). The molecule has 0 bridgehead atoms. The second-order valence-electron chi connectivity index (χ2n) is 8.23. The second-order valence-corrected chi connectivity index (χ2v) is 8.23. The summed E-state index contributed by atoms with van der Waals surface area (Å²) in [6.45, 7) is 0. The molecule has 2 aromatic carbocycles. The number of carbonyl (C=O) groups excluding carboxylic acids is 1. The molecule has 1 saturated carbocycles. The molecule has 1 aromatic heterocycles. The highest BCUT2D eigenvalue weighted by Crippen LogP contribution is 2.26. The van der Waals surface area contributed by atoms with E-state index in [2.05, 4.69) is 16.7 Å². The zero-order valence-corrected chi connectivity index (χ0v) is 18.1. The Morgan fingerprint density at radius 3 is 2.35 bits per heavy atom. The molecule has 3 aromatic rings. The Balaban J connectivity index is 1.32. The molecular formula is C25H29N5O. The molecule has 0 saturated heterocycles. The number of anilines is 2. The van der Waals surface area contributed by atoms with Crippen LogP contribution in [0, 0.1) is 0 Å². The molecule has 2 N–H and O–H groups in total. The van der Waals surface area contributed by atoms with E-state index in [-0.39, 0.29) is 11.9 Å². The van der Waals surface area contributed by atoms with Gasteiger partial charge in [-0.2, -0.15) is 4.98 Å². The smallest absolute Gasteiger partial charge is 0.244 e. The summed E-state index contributed by atoms with van der Waals surface area (Å²) in [5.41, 5.74) is 1.97. The first-order valence-corrected chi connectivity index (χ1v) is 10.8. The largest absolute Gasteiger partial charge is 0.362 e. The van der Waals surface area contributed by atoms with E-state index in [1.807, 2.05) is 73.6 Å². The fraction of sp³-hybridized carbons (Fsp3) is 0.320. The Morgan fingerprint density at radius 2 is 1.61 bits per heavy atom. The highest BCUT2D eigenvalue weighted by Gasteiger charge is 2.23. The van der Waals surface area contributed by atoms with Crippen molar-refractivity contribution in [3.8, 4) is 0 Å². The Labute approximate surface area is 183 Å². The number of carbonyl (C=O) groups is 1. The first-order chi connectivity index (χ1) is 15.1. The molecule has 0 spiro atoms. The fourth-order valence-electron chi connectivity index (χ4n) is 4.02. The Hall–Kier alpha value is -3.41. The molecule has 6 nitrogen and oxygen atoms in total. The molecule has 1 aliphatic carbocycles. The van der Waals surface area contributed by atoms with E-state index in [1.165, 1.54) is 0 Å². The summed E-state index contributed by atoms with van der Waals surface area (Å²) in [6.07, 6.45) is 7.29. The number of benzene rings is 2. The van der Waals surface area contributed by atoms with Crippen LogP contribution in [0.2, 0.25) is 0 Å². The molecule has 1 aliphatic rings. The molecule has 1 fully saturated rings. The van der Waals surface area contributed by atoms with Gasteiger partial charge in [-0.1, -0.05) is 42.5 Å². The van der Waals surface area contributed by atoms with Gasteiger partial charge in [0.1, 0.15) is 5.82 Å². The number of hydrogen-bond acceptors (Lipinski definition) is 5. The number of para-hydroxylation sites is 1. The van der Waals surface area contributed by atoms with Crippen molar-refractivity contribution in [3.05, 3.63) is 66.2 Å². The summed E-state index contributed by atoms with van der Waals surface area (Å²) < 4.78 is 0. The number of fused-ring (bicyclic) bond motifs is 1. The van der Waals surface area contributed by atoms with E-state index in [4.69, 9.17) is 9.97 Å². The van der Waals surface area contributed by atoms with Crippen molar-refractivity contribution in [2.45, 2.75) is 37.8 Å². The van der Waals surface area contributed by atoms with Crippen LogP contribution in [0.5, 0.6) is 0 Å². The van der Waals surface area contributed by atoms with Gasteiger partial charge < -0.3 is 15.5 Å². The monoisotopic (exact) mass is 415 g/mol. The van der Waals surface area contributed by atoms with Gasteiger partial charge in [0.25, 0.3) is 0 Å². The Morgan fingerprint density at radius 1 is 0.935 bits per heavy atom. The average molecular weight is 416 g/mol. The lowest BCUT2D eigenvalue weighted by molar-refractivity contribution is -0.117. The minimum atomic E-state index is -0.0336. The lowest BCUT2D eigenvalue weighted by Crippen LogP contribution is -2.39. The van der Waals surface area contributed by atoms with Crippen LogP contribution < -0.4 is 15.5 Å². The first kappa shape index (κ1) is 20.8. The molecule has 0 unspecified atom stereocenters. The minimum absolute atomic E-state index is 0.0336. The van der Waals surface area contributed by atoms with Crippen molar-refractivity contribution < 1.29 is 4.79 Å². The lowest BCUT2D eigenvalue weighted by atomic mass is 9.91. The zero-order chi connectivity index (χ0) is 21.6. The maximum Gasteiger partial charge on any atom is 0.244 e. The normalized spacial score (nSPS) is 18.8. The second kappa shape index (κ2) is 9.60. The molecule has 160 valence electrons. The number of rotatable bonds is 6. The predicted molar refractivity (Wildman–Crippen MR) is 127 cm³/mol. The van der Waals surface area contributed by atoms with Crippen LogP contribution in [0.4, 0.5) is 11.8 Å². The summed E-state index contributed by atoms with van der Waals surface area (Å²) in [5.74, 6) is 1.55. The maximum atomic E-state index is 12.2. The topological polar surface area (TPSA) is 70.2 Å². The summed E-state index contributed by atoms with van der Waals surface area (Å²) in [6, 6.07) is 18.5. The van der Waals surface area contributed by atoms with Crippen LogP contribution >= 0.6 is 0 Å². The van der Waals surface area contributed by atoms with Gasteiger partial charge in [0, 0.05) is 37.6 Å². The summed E-state index contributed by atoms with van der Waals surface area (Å²) in [7, 11) is 4.00. The van der Waals surface area contributed by atoms with Crippen molar-refractivity contribution in [2.24, 2.45) is 0 Å². The molecule has 0 aliphatic heterocycles. The lowest BCUT2D eigenvalue weighted by Gasteiger charge is -2.29. The third kappa shape index (κ3) is 5.40. The zero-order valence-electron chi connectivity index (χ0n) is 18.1. The van der Waals surface area contributed by atoms with Crippen LogP contribution in [0.1, 0.15) is 31.2 Å². The van der Waals surface area contributed by atoms with Crippen molar-refractivity contribution >= 4 is 34.7 Å². The minimum Gasteiger partial charge on any atom is -0.362 e. The number of aromatic nitrogens is 2. The SMILES string of the molecule is CN(C)c1nc(N[C@H]2CC[C@@H](NC(=O)/C=C/c3ccccc3)CC2)nc2ccccc12. The van der Waals surface area contributed by atoms with Gasteiger partial charge in [-0.25, -0.2) is 4.98 Å². The van der Waals surface area contributed by atoms with Gasteiger partial charge in [0.05, 0.1) is 5.52 Å². The van der Waals surface area contributed by atoms with Crippen molar-refractivity contribution in [3.63, 3.8) is 0 Å². The van der Waals surface area contributed by atoms with Gasteiger partial charge in [-0.05, 0) is 49.5 Å². The van der Waals surface area contributed by atoms with E-state index in [9.17, 15) is 4.79 Å². The van der Waals surface area contributed by atoms with E-state index in [0.717, 1.165) is 48.0 Å². The van der Waals surface area contributed by atoms with Crippen molar-refractivity contribution in [2.75, 3.05) is 24.3 Å². The number of hydrogen-bond donors (Lipinski definition) is 2. The quantitative estimate of drug-likeness (QED) is 0.589. The molecule has 1 amide bonds. The van der Waals surface area contributed by atoms with Crippen LogP contribution in [-0.4, -0.2) is 42.1 Å². The van der Waals surface area contributed by atoms with E-state index in [0.29, 0.717) is 12.0 Å². The molecular weight excluding hydrogens is 386 g/mol. The van der Waals surface area contributed by atoms with Crippen LogP contribution in [-0.2, 0) is 4.79 Å². The molecule has 0 radical (unpaired) electrons. The highest BCUT2D eigenvalue weighted by atomic mass is 16.1. The third-order valence-corrected chi connectivity index (χ3v) is 5.64. The maximum absolute atomic E-state index is 12.2. The standard InChI is InChI=1S/C25H29N5O/c1-30(2)24-21-10-6-7-11-22(21)28-25(29-24)27-20-15-13-19(14-16-20)26-23(31)17-12-18-8-4-3-5-9-18/h3-12,17,19-20H,13-16H2,1-2H3,(H,26,31)(H,27,28,29)/b17-12+/t19-,20+. The predicted octanol–water partition coefficient (Wildman–Crippen LogP) is 4.25. The van der Waals surface area contributed by atoms with Crippen molar-refractivity contribution in [1.29, 1.82) is 0 Å². The third-order valence-electron chi connectivity index (χ3n) is 5.64. The van der Waals surface area contributed by atoms with Gasteiger partial charge in [-0.15, -0.1) is 0 Å². The molecule has 6 heteroatoms. The van der Waals surface area contributed by atoms with E-state index >= 15 is 0 Å². The number of nitrogens with zero attached hydrogens (tertiary/aromatic N) is 3. The van der Waals surface area contributed by atoms with E-state index in [1.54, 1.807) is 6.08 Å². The average Bonchev–Trinajstić information content (AvgIpc) is 2.79. The van der Waals surface area contributed by atoms with Crippen LogP contribution in [0.15, 0.2) is 60.7 Å². The Kier molecular flexibility index (Phi) is 6.46. The van der Waals surface area contributed by atoms with E-state index < -0.39 is 0 Å². The molecule has 31 heavy (non-hydrogen) atoms. The summed E-state index contributed by atoms with van der Waals surface area (Å²) in [5, 5.41) is 7.69.